The Hall–Kier alpha value is -3.47. The smallest absolute Gasteiger partial charge is 0.243 e. The third-order valence-corrected chi connectivity index (χ3v) is 5.72. The first-order valence-corrected chi connectivity index (χ1v) is 11.4. The molecule has 0 heterocycles. The zero-order valence-electron chi connectivity index (χ0n) is 19.3. The lowest BCUT2D eigenvalue weighted by molar-refractivity contribution is -0.140. The van der Waals surface area contributed by atoms with Gasteiger partial charge in [0, 0.05) is 25.1 Å². The second-order valence-corrected chi connectivity index (χ2v) is 8.21. The molecule has 1 N–H and O–H groups in total. The first-order chi connectivity index (χ1) is 16.0. The molecule has 5 heteroatoms. The summed E-state index contributed by atoms with van der Waals surface area (Å²) in [5, 5.41) is 2.94. The summed E-state index contributed by atoms with van der Waals surface area (Å²) in [6.45, 7) is 4.48. The van der Waals surface area contributed by atoms with Gasteiger partial charge >= 0.3 is 0 Å². The third-order valence-electron chi connectivity index (χ3n) is 5.72. The van der Waals surface area contributed by atoms with E-state index in [0.717, 1.165) is 23.1 Å². The molecule has 0 aliphatic rings. The van der Waals surface area contributed by atoms with Gasteiger partial charge in [0.15, 0.2) is 0 Å². The second kappa shape index (κ2) is 12.0. The summed E-state index contributed by atoms with van der Waals surface area (Å²) in [5.41, 5.74) is 3.23. The van der Waals surface area contributed by atoms with Gasteiger partial charge in [-0.05, 0) is 36.1 Å². The van der Waals surface area contributed by atoms with Crippen molar-refractivity contribution in [3.05, 3.63) is 107 Å². The summed E-state index contributed by atoms with van der Waals surface area (Å²) in [5.74, 6) is -0.825. The van der Waals surface area contributed by atoms with Crippen LogP contribution in [0, 0.1) is 12.7 Å². The van der Waals surface area contributed by atoms with Gasteiger partial charge in [-0.15, -0.1) is 0 Å². The van der Waals surface area contributed by atoms with Crippen molar-refractivity contribution >= 4 is 11.8 Å². The van der Waals surface area contributed by atoms with Crippen molar-refractivity contribution in [2.45, 2.75) is 45.7 Å². The number of carbonyl (C=O) groups excluding carboxylic acids is 2. The minimum Gasteiger partial charge on any atom is -0.354 e. The Morgan fingerprint density at radius 1 is 0.909 bits per heavy atom. The maximum atomic E-state index is 14.6. The molecule has 0 fully saturated rings. The molecule has 1 atom stereocenters. The van der Waals surface area contributed by atoms with Crippen molar-refractivity contribution in [2.75, 3.05) is 6.54 Å². The molecular weight excluding hydrogens is 415 g/mol. The highest BCUT2D eigenvalue weighted by molar-refractivity contribution is 5.89. The van der Waals surface area contributed by atoms with E-state index in [0.29, 0.717) is 18.5 Å². The van der Waals surface area contributed by atoms with Gasteiger partial charge in [-0.3, -0.25) is 9.59 Å². The van der Waals surface area contributed by atoms with E-state index in [-0.39, 0.29) is 24.8 Å². The van der Waals surface area contributed by atoms with Crippen LogP contribution in [0.3, 0.4) is 0 Å². The standard InChI is InChI=1S/C28H31FN2O2/c1-3-17-30-28(33)26(18-22-12-5-4-6-13-22)31(20-24-15-9-10-16-25(24)29)27(32)19-23-14-8-7-11-21(23)2/h4-16,26H,3,17-20H2,1-2H3,(H,30,33)/t26-/m1/s1. The van der Waals surface area contributed by atoms with Gasteiger partial charge in [0.25, 0.3) is 0 Å². The Labute approximate surface area is 195 Å². The monoisotopic (exact) mass is 446 g/mol. The fourth-order valence-electron chi connectivity index (χ4n) is 3.80. The first-order valence-electron chi connectivity index (χ1n) is 11.4. The summed E-state index contributed by atoms with van der Waals surface area (Å²) in [7, 11) is 0. The fraction of sp³-hybridized carbons (Fsp3) is 0.286. The summed E-state index contributed by atoms with van der Waals surface area (Å²) in [4.78, 5) is 28.4. The molecule has 0 aliphatic heterocycles. The Morgan fingerprint density at radius 2 is 1.55 bits per heavy atom. The van der Waals surface area contributed by atoms with Crippen LogP contribution in [-0.2, 0) is 29.0 Å². The molecule has 3 rings (SSSR count). The SMILES string of the molecule is CCCNC(=O)[C@@H](Cc1ccccc1)N(Cc1ccccc1F)C(=O)Cc1ccccc1C. The van der Waals surface area contributed by atoms with Crippen LogP contribution < -0.4 is 5.32 Å². The summed E-state index contributed by atoms with van der Waals surface area (Å²) in [6, 6.07) is 22.9. The number of carbonyl (C=O) groups is 2. The van der Waals surface area contributed by atoms with Crippen molar-refractivity contribution in [3.63, 3.8) is 0 Å². The molecule has 0 unspecified atom stereocenters. The largest absolute Gasteiger partial charge is 0.354 e. The van der Waals surface area contributed by atoms with Crippen LogP contribution in [0.15, 0.2) is 78.9 Å². The molecule has 0 saturated carbocycles. The molecule has 0 aliphatic carbocycles. The summed E-state index contributed by atoms with van der Waals surface area (Å²) < 4.78 is 14.6. The van der Waals surface area contributed by atoms with Crippen LogP contribution in [0.4, 0.5) is 4.39 Å². The first kappa shape index (κ1) is 24.2. The minimum absolute atomic E-state index is 0.0223. The number of aryl methyl sites for hydroxylation is 1. The van der Waals surface area contributed by atoms with E-state index in [9.17, 15) is 14.0 Å². The van der Waals surface area contributed by atoms with Gasteiger partial charge in [0.05, 0.1) is 6.42 Å². The number of benzene rings is 3. The van der Waals surface area contributed by atoms with Crippen LogP contribution in [0.5, 0.6) is 0 Å². The number of amides is 2. The molecule has 0 spiro atoms. The maximum Gasteiger partial charge on any atom is 0.243 e. The molecule has 3 aromatic rings. The maximum absolute atomic E-state index is 14.6. The van der Waals surface area contributed by atoms with Gasteiger partial charge in [0.2, 0.25) is 11.8 Å². The van der Waals surface area contributed by atoms with Crippen molar-refractivity contribution < 1.29 is 14.0 Å². The zero-order chi connectivity index (χ0) is 23.6. The molecule has 33 heavy (non-hydrogen) atoms. The number of hydrogen-bond donors (Lipinski definition) is 1. The van der Waals surface area contributed by atoms with Crippen molar-refractivity contribution in [3.8, 4) is 0 Å². The van der Waals surface area contributed by atoms with E-state index >= 15 is 0 Å². The van der Waals surface area contributed by atoms with Crippen LogP contribution in [0.1, 0.15) is 35.6 Å². The van der Waals surface area contributed by atoms with E-state index in [4.69, 9.17) is 0 Å². The van der Waals surface area contributed by atoms with Crippen LogP contribution in [-0.4, -0.2) is 29.3 Å². The molecule has 4 nitrogen and oxygen atoms in total. The number of nitrogens with one attached hydrogen (secondary N) is 1. The highest BCUT2D eigenvalue weighted by atomic mass is 19.1. The third kappa shape index (κ3) is 6.75. The summed E-state index contributed by atoms with van der Waals surface area (Å²) >= 11 is 0. The van der Waals surface area contributed by atoms with Gasteiger partial charge in [-0.2, -0.15) is 0 Å². The Bertz CT molecular complexity index is 1070. The van der Waals surface area contributed by atoms with Crippen LogP contribution in [0.2, 0.25) is 0 Å². The van der Waals surface area contributed by atoms with Crippen molar-refractivity contribution in [1.29, 1.82) is 0 Å². The van der Waals surface area contributed by atoms with E-state index < -0.39 is 11.9 Å². The summed E-state index contributed by atoms with van der Waals surface area (Å²) in [6.07, 6.45) is 1.28. The predicted octanol–water partition coefficient (Wildman–Crippen LogP) is 4.84. The lowest BCUT2D eigenvalue weighted by Gasteiger charge is -2.32. The highest BCUT2D eigenvalue weighted by Crippen LogP contribution is 2.19. The molecule has 0 bridgehead atoms. The average Bonchev–Trinajstić information content (AvgIpc) is 2.83. The molecule has 2 amide bonds. The lowest BCUT2D eigenvalue weighted by Crippen LogP contribution is -2.51. The molecule has 0 radical (unpaired) electrons. The molecule has 0 aromatic heterocycles. The average molecular weight is 447 g/mol. The van der Waals surface area contributed by atoms with Crippen molar-refractivity contribution in [2.24, 2.45) is 0 Å². The zero-order valence-corrected chi connectivity index (χ0v) is 19.3. The Balaban J connectivity index is 1.97. The normalized spacial score (nSPS) is 11.6. The topological polar surface area (TPSA) is 49.4 Å². The molecule has 0 saturated heterocycles. The Kier molecular flexibility index (Phi) is 8.76. The lowest BCUT2D eigenvalue weighted by atomic mass is 10.00. The van der Waals surface area contributed by atoms with Crippen LogP contribution >= 0.6 is 0 Å². The van der Waals surface area contributed by atoms with Gasteiger partial charge in [-0.1, -0.05) is 79.7 Å². The van der Waals surface area contributed by atoms with Gasteiger partial charge in [0.1, 0.15) is 11.9 Å². The quantitative estimate of drug-likeness (QED) is 0.484. The van der Waals surface area contributed by atoms with E-state index in [2.05, 4.69) is 5.32 Å². The van der Waals surface area contributed by atoms with Crippen LogP contribution in [0.25, 0.3) is 0 Å². The number of rotatable bonds is 10. The Morgan fingerprint density at radius 3 is 2.21 bits per heavy atom. The van der Waals surface area contributed by atoms with Crippen molar-refractivity contribution in [1.82, 2.24) is 10.2 Å². The number of nitrogens with zero attached hydrogens (tertiary/aromatic N) is 1. The minimum atomic E-state index is -0.755. The molecule has 3 aromatic carbocycles. The second-order valence-electron chi connectivity index (χ2n) is 8.21. The number of halogens is 1. The van der Waals surface area contributed by atoms with Gasteiger partial charge < -0.3 is 10.2 Å². The fourth-order valence-corrected chi connectivity index (χ4v) is 3.80. The highest BCUT2D eigenvalue weighted by Gasteiger charge is 2.31. The predicted molar refractivity (Wildman–Crippen MR) is 129 cm³/mol. The van der Waals surface area contributed by atoms with E-state index in [1.54, 1.807) is 18.2 Å². The molecular formula is C28H31FN2O2. The van der Waals surface area contributed by atoms with E-state index in [1.165, 1.54) is 11.0 Å². The molecule has 172 valence electrons. The number of hydrogen-bond acceptors (Lipinski definition) is 2. The van der Waals surface area contributed by atoms with Gasteiger partial charge in [-0.25, -0.2) is 4.39 Å². The van der Waals surface area contributed by atoms with E-state index in [1.807, 2.05) is 68.4 Å².